The van der Waals surface area contributed by atoms with Crippen LogP contribution in [-0.2, 0) is 0 Å². The third kappa shape index (κ3) is 50.8. The van der Waals surface area contributed by atoms with Crippen molar-refractivity contribution in [3.05, 3.63) is 251 Å². The number of benzene rings is 7. The molecular formula is C49H52Na10O14. The third-order valence-corrected chi connectivity index (χ3v) is 7.15. The van der Waals surface area contributed by atoms with Crippen LogP contribution in [0.4, 0.5) is 0 Å². The van der Waals surface area contributed by atoms with Gasteiger partial charge in [-0.1, -0.05) is 127 Å². The molecule has 73 heavy (non-hydrogen) atoms. The van der Waals surface area contributed by atoms with E-state index in [1.54, 1.807) is 212 Å². The van der Waals surface area contributed by atoms with Crippen LogP contribution in [0.1, 0.15) is 86.8 Å². The van der Waals surface area contributed by atoms with Gasteiger partial charge in [0.1, 0.15) is 0 Å². The zero-order valence-electron chi connectivity index (χ0n) is 53.2. The van der Waals surface area contributed by atoms with E-state index in [2.05, 4.69) is 0 Å². The number of rotatable bonds is 7. The summed E-state index contributed by atoms with van der Waals surface area (Å²) in [6.45, 7) is 0. The molecule has 0 amide bonds. The van der Waals surface area contributed by atoms with Gasteiger partial charge in [0.15, 0.2) is 0 Å². The van der Waals surface area contributed by atoms with Crippen molar-refractivity contribution in [2.75, 3.05) is 0 Å². The fourth-order valence-electron chi connectivity index (χ4n) is 4.07. The maximum Gasteiger partial charge on any atom is 1.00 e. The quantitative estimate of drug-likeness (QED) is 0.0733. The van der Waals surface area contributed by atoms with Crippen molar-refractivity contribution >= 4 is 41.8 Å². The van der Waals surface area contributed by atoms with Crippen molar-refractivity contribution in [2.24, 2.45) is 0 Å². The first-order valence-corrected chi connectivity index (χ1v) is 18.1. The van der Waals surface area contributed by atoms with Crippen molar-refractivity contribution < 1.29 is 379 Å². The third-order valence-electron chi connectivity index (χ3n) is 7.15. The molecule has 0 bridgehead atoms. The zero-order chi connectivity index (χ0) is 46.8. The van der Waals surface area contributed by atoms with Gasteiger partial charge in [-0.3, -0.25) is 0 Å². The van der Waals surface area contributed by atoms with Gasteiger partial charge in [0, 0.05) is 0 Å². The molecule has 24 heteroatoms. The molecule has 0 aliphatic rings. The van der Waals surface area contributed by atoms with Crippen molar-refractivity contribution in [2.45, 2.75) is 0 Å². The molecule has 0 unspecified atom stereocenters. The molecule has 0 saturated heterocycles. The molecule has 14 nitrogen and oxygen atoms in total. The average molecular weight is 1090 g/mol. The van der Waals surface area contributed by atoms with Gasteiger partial charge in [-0.15, -0.1) is 0 Å². The van der Waals surface area contributed by atoms with Crippen LogP contribution in [0.15, 0.2) is 212 Å². The van der Waals surface area contributed by atoms with Gasteiger partial charge >= 0.3 is 337 Å². The molecule has 0 spiro atoms. The number of hydrogen-bond donors (Lipinski definition) is 7. The van der Waals surface area contributed by atoms with Crippen molar-refractivity contribution in [3.8, 4) is 0 Å². The first-order chi connectivity index (χ1) is 30.1. The first-order valence-electron chi connectivity index (χ1n) is 18.1. The summed E-state index contributed by atoms with van der Waals surface area (Å²) in [6, 6.07) is 58.1. The molecule has 0 saturated carbocycles. The molecule has 0 heterocycles. The van der Waals surface area contributed by atoms with E-state index in [0.29, 0.717) is 38.9 Å². The number of carboxylic acids is 7. The van der Waals surface area contributed by atoms with E-state index >= 15 is 0 Å². The maximum atomic E-state index is 10.2. The van der Waals surface area contributed by atoms with Gasteiger partial charge in [-0.2, -0.15) is 0 Å². The predicted molar refractivity (Wildman–Crippen MR) is 245 cm³/mol. The summed E-state index contributed by atoms with van der Waals surface area (Å²) >= 11 is 0. The molecule has 7 N–H and O–H groups in total. The molecule has 7 aromatic rings. The van der Waals surface area contributed by atoms with E-state index in [-0.39, 0.29) is 310 Å². The molecule has 0 aromatic heterocycles. The molecule has 0 radical (unpaired) electrons. The van der Waals surface area contributed by atoms with Crippen LogP contribution in [0, 0.1) is 0 Å². The van der Waals surface area contributed by atoms with E-state index in [9.17, 15) is 33.6 Å². The molecular weight excluding hydrogens is 1040 g/mol. The van der Waals surface area contributed by atoms with Gasteiger partial charge in [0.25, 0.3) is 0 Å². The molecule has 7 rings (SSSR count). The van der Waals surface area contributed by atoms with Crippen LogP contribution in [0.2, 0.25) is 0 Å². The number of carbonyl (C=O) groups is 7. The van der Waals surface area contributed by atoms with Crippen molar-refractivity contribution in [3.63, 3.8) is 0 Å². The first kappa shape index (κ1) is 96.1. The Bertz CT molecular complexity index is 2000. The second kappa shape index (κ2) is 62.0. The Hall–Kier alpha value is 0.830. The largest absolute Gasteiger partial charge is 1.00 e. The molecule has 0 atom stereocenters. The normalized spacial score (nSPS) is 7.67. The summed E-state index contributed by atoms with van der Waals surface area (Å²) in [5, 5.41) is 58.7. The van der Waals surface area contributed by atoms with Gasteiger partial charge < -0.3 is 50.0 Å². The summed E-state index contributed by atoms with van der Waals surface area (Å²) in [5.74, 6) is -6.15. The van der Waals surface area contributed by atoms with Crippen LogP contribution in [0.3, 0.4) is 0 Å². The van der Waals surface area contributed by atoms with Gasteiger partial charge in [-0.25, -0.2) is 33.6 Å². The van der Waals surface area contributed by atoms with Gasteiger partial charge in [-0.05, 0) is 84.9 Å². The van der Waals surface area contributed by atoms with E-state index in [1.165, 1.54) is 0 Å². The molecule has 342 valence electrons. The second-order valence-corrected chi connectivity index (χ2v) is 11.7. The van der Waals surface area contributed by atoms with E-state index in [0.717, 1.165) is 0 Å². The SMILES string of the molecule is O=C(O)c1ccccc1.O=C(O)c1ccccc1.O=C(O)c1ccccc1.O=C(O)c1ccccc1.O=C(O)c1ccccc1.O=C(O)c1ccccc1.O=C(O)c1ccccc1.[H-].[H-].[H-].[H-].[H-].[H-].[H-].[H-].[H-].[H-].[Na+].[Na+].[Na+].[Na+].[Na+].[Na+].[Na+].[Na+].[Na+].[Na+]. The van der Waals surface area contributed by atoms with E-state index in [1.807, 2.05) is 0 Å². The Labute approximate surface area is 660 Å². The fourth-order valence-corrected chi connectivity index (χ4v) is 4.07. The minimum absolute atomic E-state index is 0. The van der Waals surface area contributed by atoms with E-state index < -0.39 is 41.8 Å². The van der Waals surface area contributed by atoms with E-state index in [4.69, 9.17) is 35.7 Å². The Morgan fingerprint density at radius 1 is 0.178 bits per heavy atom. The average Bonchev–Trinajstić information content (AvgIpc) is 3.32. The van der Waals surface area contributed by atoms with Crippen LogP contribution in [0.25, 0.3) is 0 Å². The predicted octanol–water partition coefficient (Wildman–Crippen LogP) is -19.1. The van der Waals surface area contributed by atoms with Crippen molar-refractivity contribution in [1.82, 2.24) is 0 Å². The molecule has 0 aliphatic carbocycles. The second-order valence-electron chi connectivity index (χ2n) is 11.7. The van der Waals surface area contributed by atoms with Crippen LogP contribution >= 0.6 is 0 Å². The molecule has 7 aromatic carbocycles. The Morgan fingerprint density at radius 2 is 0.247 bits per heavy atom. The van der Waals surface area contributed by atoms with Gasteiger partial charge in [0.05, 0.1) is 38.9 Å². The Kier molecular flexibility index (Phi) is 81.7. The van der Waals surface area contributed by atoms with Gasteiger partial charge in [0.2, 0.25) is 0 Å². The Balaban J connectivity index is -0.0000000298. The number of hydrogen-bond acceptors (Lipinski definition) is 7. The zero-order valence-corrected chi connectivity index (χ0v) is 63.2. The smallest absolute Gasteiger partial charge is 1.00 e. The standard InChI is InChI=1S/7C7H6O2.10Na.10H/c7*8-7(9)6-4-2-1-3-5-6;;;;;;;;;;;;;;;;;;;;/h7*1-5H,(H,8,9);;;;;;;;;;;;;;;;;;;;/q;;;;;;;10*+1;10*-1. The maximum absolute atomic E-state index is 10.2. The van der Waals surface area contributed by atoms with Crippen LogP contribution in [-0.4, -0.2) is 77.5 Å². The number of carboxylic acid groups (broad SMARTS) is 7. The Morgan fingerprint density at radius 3 is 0.288 bits per heavy atom. The minimum Gasteiger partial charge on any atom is -1.00 e. The summed E-state index contributed by atoms with van der Waals surface area (Å²) < 4.78 is 0. The molecule has 0 aliphatic heterocycles. The topological polar surface area (TPSA) is 261 Å². The summed E-state index contributed by atoms with van der Waals surface area (Å²) in [6.07, 6.45) is 0. The summed E-state index contributed by atoms with van der Waals surface area (Å²) in [5.41, 5.74) is 2.32. The summed E-state index contributed by atoms with van der Waals surface area (Å²) in [7, 11) is 0. The monoisotopic (exact) mass is 1090 g/mol. The minimum atomic E-state index is -0.879. The number of aromatic carboxylic acids is 7. The van der Waals surface area contributed by atoms with Crippen LogP contribution < -0.4 is 296 Å². The van der Waals surface area contributed by atoms with Crippen molar-refractivity contribution in [1.29, 1.82) is 0 Å². The van der Waals surface area contributed by atoms with Crippen LogP contribution in [0.5, 0.6) is 0 Å². The fraction of sp³-hybridized carbons (Fsp3) is 0. The molecule has 0 fully saturated rings. The summed E-state index contributed by atoms with van der Waals surface area (Å²) in [4.78, 5) is 71.4.